The maximum absolute atomic E-state index is 12.2. The zero-order chi connectivity index (χ0) is 20.0. The highest BCUT2D eigenvalue weighted by Crippen LogP contribution is 2.35. The molecule has 2 aromatic rings. The molecule has 27 heavy (non-hydrogen) atoms. The Balaban J connectivity index is 2.09. The monoisotopic (exact) mass is 410 g/mol. The summed E-state index contributed by atoms with van der Waals surface area (Å²) < 4.78 is 35.1. The molecule has 0 saturated carbocycles. The second-order valence-electron chi connectivity index (χ2n) is 5.51. The van der Waals surface area contributed by atoms with Crippen LogP contribution in [0.1, 0.15) is 5.56 Å². The lowest BCUT2D eigenvalue weighted by Crippen LogP contribution is -2.09. The number of benzene rings is 2. The molecule has 0 unspecified atom stereocenters. The van der Waals surface area contributed by atoms with Gasteiger partial charge in [0.1, 0.15) is 11.5 Å². The van der Waals surface area contributed by atoms with Crippen LogP contribution in [0.4, 0.5) is 11.4 Å². The van der Waals surface area contributed by atoms with Crippen molar-refractivity contribution in [2.45, 2.75) is 0 Å². The molecule has 0 aliphatic carbocycles. The molecule has 0 aliphatic rings. The molecule has 2 N–H and O–H groups in total. The molecule has 2 aromatic carbocycles. The summed E-state index contributed by atoms with van der Waals surface area (Å²) in [6.45, 7) is 0. The summed E-state index contributed by atoms with van der Waals surface area (Å²) in [6, 6.07) is 9.69. The third-order valence-corrected chi connectivity index (χ3v) is 4.27. The number of ether oxygens (including phenoxy) is 2. The first-order chi connectivity index (χ1) is 12.7. The molecule has 0 atom stereocenters. The minimum Gasteiger partial charge on any atom is -0.495 e. The minimum atomic E-state index is -3.33. The van der Waals surface area contributed by atoms with E-state index in [1.54, 1.807) is 42.5 Å². The third-order valence-electron chi connectivity index (χ3n) is 3.37. The van der Waals surface area contributed by atoms with Crippen LogP contribution in [0.2, 0.25) is 5.02 Å². The normalized spacial score (nSPS) is 11.3. The summed E-state index contributed by atoms with van der Waals surface area (Å²) in [5.41, 5.74) is 1.59. The summed E-state index contributed by atoms with van der Waals surface area (Å²) >= 11 is 6.04. The first-order valence-electron chi connectivity index (χ1n) is 7.70. The van der Waals surface area contributed by atoms with E-state index in [1.165, 1.54) is 20.3 Å². The first kappa shape index (κ1) is 20.6. The number of nitrogens with one attached hydrogen (secondary N) is 2. The number of hydrogen-bond donors (Lipinski definition) is 2. The van der Waals surface area contributed by atoms with Gasteiger partial charge < -0.3 is 14.8 Å². The van der Waals surface area contributed by atoms with E-state index in [2.05, 4.69) is 10.0 Å². The van der Waals surface area contributed by atoms with E-state index in [4.69, 9.17) is 21.1 Å². The van der Waals surface area contributed by atoms with E-state index in [-0.39, 0.29) is 5.91 Å². The van der Waals surface area contributed by atoms with Crippen LogP contribution in [-0.2, 0) is 14.8 Å². The Labute approximate surface area is 163 Å². The standard InChI is InChI=1S/C18H19ClN2O5S/c1-25-16-11-15(17(26-2)10-14(16)19)20-18(22)9-6-12-4-7-13(8-5-12)21-27(3,23)24/h4-11,21H,1-3H3,(H,20,22)/b9-6+. The average molecular weight is 411 g/mol. The molecule has 0 aromatic heterocycles. The van der Waals surface area contributed by atoms with Crippen LogP contribution < -0.4 is 19.5 Å². The van der Waals surface area contributed by atoms with Crippen molar-refractivity contribution in [2.24, 2.45) is 0 Å². The summed E-state index contributed by atoms with van der Waals surface area (Å²) in [7, 11) is -0.388. The number of rotatable bonds is 7. The van der Waals surface area contributed by atoms with Crippen LogP contribution in [-0.4, -0.2) is 34.8 Å². The molecule has 1 amide bonds. The predicted molar refractivity (Wildman–Crippen MR) is 107 cm³/mol. The van der Waals surface area contributed by atoms with Crippen molar-refractivity contribution in [3.8, 4) is 11.5 Å². The third kappa shape index (κ3) is 6.19. The van der Waals surface area contributed by atoms with E-state index in [1.807, 2.05) is 0 Å². The van der Waals surface area contributed by atoms with E-state index in [0.717, 1.165) is 11.8 Å². The van der Waals surface area contributed by atoms with Crippen LogP contribution in [0, 0.1) is 0 Å². The SMILES string of the molecule is COc1cc(NC(=O)/C=C/c2ccc(NS(C)(=O)=O)cc2)c(OC)cc1Cl. The molecular formula is C18H19ClN2O5S. The first-order valence-corrected chi connectivity index (χ1v) is 9.97. The molecular weight excluding hydrogens is 392 g/mol. The number of carbonyl (C=O) groups excluding carboxylic acids is 1. The van der Waals surface area contributed by atoms with E-state index < -0.39 is 10.0 Å². The summed E-state index contributed by atoms with van der Waals surface area (Å²) in [5.74, 6) is 0.431. The zero-order valence-electron chi connectivity index (χ0n) is 14.9. The van der Waals surface area contributed by atoms with Crippen molar-refractivity contribution in [3.63, 3.8) is 0 Å². The zero-order valence-corrected chi connectivity index (χ0v) is 16.5. The summed E-state index contributed by atoms with van der Waals surface area (Å²) in [5, 5.41) is 3.06. The van der Waals surface area contributed by atoms with Crippen LogP contribution in [0.5, 0.6) is 11.5 Å². The molecule has 0 spiro atoms. The quantitative estimate of drug-likeness (QED) is 0.682. The Kier molecular flexibility index (Phi) is 6.70. The number of halogens is 1. The molecule has 0 radical (unpaired) electrons. The molecule has 144 valence electrons. The van der Waals surface area contributed by atoms with Gasteiger partial charge in [0.15, 0.2) is 0 Å². The number of amides is 1. The van der Waals surface area contributed by atoms with Crippen LogP contribution in [0.25, 0.3) is 6.08 Å². The number of hydrogen-bond acceptors (Lipinski definition) is 5. The van der Waals surface area contributed by atoms with Gasteiger partial charge in [-0.1, -0.05) is 23.7 Å². The minimum absolute atomic E-state index is 0.366. The van der Waals surface area contributed by atoms with E-state index >= 15 is 0 Å². The Bertz CT molecular complexity index is 956. The molecule has 0 fully saturated rings. The second kappa shape index (κ2) is 8.79. The Morgan fingerprint density at radius 2 is 1.70 bits per heavy atom. The topological polar surface area (TPSA) is 93.7 Å². The molecule has 0 aliphatic heterocycles. The van der Waals surface area contributed by atoms with E-state index in [0.29, 0.717) is 27.9 Å². The van der Waals surface area contributed by atoms with Gasteiger partial charge in [0.2, 0.25) is 15.9 Å². The van der Waals surface area contributed by atoms with Crippen molar-refractivity contribution >= 4 is 45.0 Å². The van der Waals surface area contributed by atoms with Crippen molar-refractivity contribution in [3.05, 3.63) is 53.1 Å². The van der Waals surface area contributed by atoms with Gasteiger partial charge in [0, 0.05) is 23.9 Å². The van der Waals surface area contributed by atoms with Gasteiger partial charge in [-0.25, -0.2) is 8.42 Å². The summed E-state index contributed by atoms with van der Waals surface area (Å²) in [4.78, 5) is 12.2. The average Bonchev–Trinajstić information content (AvgIpc) is 2.61. The largest absolute Gasteiger partial charge is 0.495 e. The Morgan fingerprint density at radius 3 is 2.26 bits per heavy atom. The van der Waals surface area contributed by atoms with Crippen molar-refractivity contribution in [2.75, 3.05) is 30.5 Å². The maximum Gasteiger partial charge on any atom is 0.248 e. The Morgan fingerprint density at radius 1 is 1.07 bits per heavy atom. The second-order valence-corrected chi connectivity index (χ2v) is 7.66. The van der Waals surface area contributed by atoms with Crippen molar-refractivity contribution in [1.29, 1.82) is 0 Å². The maximum atomic E-state index is 12.2. The van der Waals surface area contributed by atoms with Gasteiger partial charge in [0.05, 0.1) is 31.2 Å². The predicted octanol–water partition coefficient (Wildman–Crippen LogP) is 3.38. The van der Waals surface area contributed by atoms with Crippen LogP contribution >= 0.6 is 11.6 Å². The highest BCUT2D eigenvalue weighted by molar-refractivity contribution is 7.92. The highest BCUT2D eigenvalue weighted by Gasteiger charge is 2.11. The van der Waals surface area contributed by atoms with Gasteiger partial charge in [-0.15, -0.1) is 0 Å². The fraction of sp³-hybridized carbons (Fsp3) is 0.167. The van der Waals surface area contributed by atoms with Gasteiger partial charge in [-0.05, 0) is 23.8 Å². The van der Waals surface area contributed by atoms with Gasteiger partial charge in [0.25, 0.3) is 0 Å². The summed E-state index contributed by atoms with van der Waals surface area (Å²) in [6.07, 6.45) is 4.02. The number of sulfonamides is 1. The van der Waals surface area contributed by atoms with Crippen molar-refractivity contribution < 1.29 is 22.7 Å². The van der Waals surface area contributed by atoms with Crippen LogP contribution in [0.15, 0.2) is 42.5 Å². The number of anilines is 2. The molecule has 9 heteroatoms. The van der Waals surface area contributed by atoms with Gasteiger partial charge >= 0.3 is 0 Å². The lowest BCUT2D eigenvalue weighted by atomic mass is 10.2. The lowest BCUT2D eigenvalue weighted by Gasteiger charge is -2.12. The smallest absolute Gasteiger partial charge is 0.248 e. The van der Waals surface area contributed by atoms with Crippen LogP contribution in [0.3, 0.4) is 0 Å². The molecule has 2 rings (SSSR count). The number of carbonyl (C=O) groups is 1. The fourth-order valence-electron chi connectivity index (χ4n) is 2.18. The highest BCUT2D eigenvalue weighted by atomic mass is 35.5. The lowest BCUT2D eigenvalue weighted by molar-refractivity contribution is -0.111. The number of methoxy groups -OCH3 is 2. The molecule has 0 heterocycles. The molecule has 7 nitrogen and oxygen atoms in total. The fourth-order valence-corrected chi connectivity index (χ4v) is 2.98. The van der Waals surface area contributed by atoms with Gasteiger partial charge in [-0.2, -0.15) is 0 Å². The molecule has 0 bridgehead atoms. The van der Waals surface area contributed by atoms with E-state index in [9.17, 15) is 13.2 Å². The Hall–Kier alpha value is -2.71. The van der Waals surface area contributed by atoms with Gasteiger partial charge in [-0.3, -0.25) is 9.52 Å². The molecule has 0 saturated heterocycles. The van der Waals surface area contributed by atoms with Crippen molar-refractivity contribution in [1.82, 2.24) is 0 Å².